The van der Waals surface area contributed by atoms with Crippen molar-refractivity contribution in [2.75, 3.05) is 0 Å². The summed E-state index contributed by atoms with van der Waals surface area (Å²) in [6, 6.07) is 8.40. The van der Waals surface area contributed by atoms with E-state index in [1.165, 1.54) is 24.8 Å². The summed E-state index contributed by atoms with van der Waals surface area (Å²) in [5.41, 5.74) is 2.35. The van der Waals surface area contributed by atoms with Gasteiger partial charge < -0.3 is 0 Å². The quantitative estimate of drug-likeness (QED) is 0.860. The van der Waals surface area contributed by atoms with Crippen LogP contribution in [0.5, 0.6) is 0 Å². The van der Waals surface area contributed by atoms with Crippen molar-refractivity contribution in [3.8, 4) is 11.4 Å². The zero-order chi connectivity index (χ0) is 16.4. The van der Waals surface area contributed by atoms with Gasteiger partial charge in [-0.3, -0.25) is 5.10 Å². The molecule has 2 unspecified atom stereocenters. The maximum absolute atomic E-state index is 4.69. The van der Waals surface area contributed by atoms with E-state index in [1.54, 1.807) is 0 Å². The minimum atomic E-state index is 0.818. The standard InChI is InChI=1S/C20H29N3/c1-13-5-7-17(8-6-13)20-21-19(22-23-20)10-9-18-15(3)11-14(2)12-16(18)4/h5-8,14-16,18H,9-12H2,1-4H3,(H,21,22,23). The molecule has 1 aliphatic rings. The lowest BCUT2D eigenvalue weighted by Crippen LogP contribution is -2.29. The Labute approximate surface area is 139 Å². The van der Waals surface area contributed by atoms with Gasteiger partial charge in [0, 0.05) is 12.0 Å². The molecule has 124 valence electrons. The third-order valence-electron chi connectivity index (χ3n) is 5.57. The Morgan fingerprint density at radius 1 is 1.04 bits per heavy atom. The first-order valence-corrected chi connectivity index (χ1v) is 9.01. The van der Waals surface area contributed by atoms with E-state index in [1.807, 2.05) is 0 Å². The van der Waals surface area contributed by atoms with Gasteiger partial charge in [0.15, 0.2) is 5.82 Å². The van der Waals surface area contributed by atoms with Crippen molar-refractivity contribution in [2.45, 2.75) is 53.4 Å². The average molecular weight is 311 g/mol. The second kappa shape index (κ2) is 6.86. The van der Waals surface area contributed by atoms with Gasteiger partial charge in [-0.15, -0.1) is 0 Å². The van der Waals surface area contributed by atoms with Gasteiger partial charge in [0.2, 0.25) is 0 Å². The third-order valence-corrected chi connectivity index (χ3v) is 5.57. The van der Waals surface area contributed by atoms with Gasteiger partial charge in [-0.2, -0.15) is 5.10 Å². The number of benzene rings is 1. The van der Waals surface area contributed by atoms with E-state index in [4.69, 9.17) is 4.98 Å². The third kappa shape index (κ3) is 3.82. The van der Waals surface area contributed by atoms with E-state index in [0.717, 1.165) is 47.3 Å². The maximum Gasteiger partial charge on any atom is 0.181 e. The predicted octanol–water partition coefficient (Wildman–Crippen LogP) is 5.03. The summed E-state index contributed by atoms with van der Waals surface area (Å²) in [5, 5.41) is 7.53. The molecule has 1 aromatic carbocycles. The minimum absolute atomic E-state index is 0.818. The van der Waals surface area contributed by atoms with Crippen LogP contribution in [0.3, 0.4) is 0 Å². The highest BCUT2D eigenvalue weighted by molar-refractivity contribution is 5.54. The summed E-state index contributed by atoms with van der Waals surface area (Å²) < 4.78 is 0. The molecule has 3 rings (SSSR count). The fourth-order valence-electron chi connectivity index (χ4n) is 4.39. The molecule has 0 saturated heterocycles. The van der Waals surface area contributed by atoms with Crippen LogP contribution < -0.4 is 0 Å². The van der Waals surface area contributed by atoms with Crippen molar-refractivity contribution < 1.29 is 0 Å². The van der Waals surface area contributed by atoms with Crippen LogP contribution in [0.2, 0.25) is 0 Å². The molecule has 1 aliphatic carbocycles. The molecular weight excluding hydrogens is 282 g/mol. The van der Waals surface area contributed by atoms with E-state index in [-0.39, 0.29) is 0 Å². The number of aromatic amines is 1. The van der Waals surface area contributed by atoms with Crippen LogP contribution in [-0.4, -0.2) is 15.2 Å². The van der Waals surface area contributed by atoms with Gasteiger partial charge in [-0.05, 0) is 49.9 Å². The molecule has 1 saturated carbocycles. The average Bonchev–Trinajstić information content (AvgIpc) is 2.96. The number of nitrogens with zero attached hydrogens (tertiary/aromatic N) is 2. The minimum Gasteiger partial charge on any atom is -0.263 e. The van der Waals surface area contributed by atoms with Gasteiger partial charge >= 0.3 is 0 Å². The SMILES string of the molecule is Cc1ccc(-c2n[nH]c(CCC3C(C)CC(C)CC3C)n2)cc1. The van der Waals surface area contributed by atoms with Gasteiger partial charge in [0.1, 0.15) is 5.82 Å². The Morgan fingerprint density at radius 2 is 1.70 bits per heavy atom. The molecule has 23 heavy (non-hydrogen) atoms. The molecule has 0 bridgehead atoms. The molecule has 0 spiro atoms. The van der Waals surface area contributed by atoms with Crippen molar-refractivity contribution in [3.05, 3.63) is 35.7 Å². The number of nitrogens with one attached hydrogen (secondary N) is 1. The Morgan fingerprint density at radius 3 is 2.35 bits per heavy atom. The zero-order valence-corrected chi connectivity index (χ0v) is 14.8. The van der Waals surface area contributed by atoms with E-state index in [2.05, 4.69) is 62.2 Å². The summed E-state index contributed by atoms with van der Waals surface area (Å²) in [4.78, 5) is 4.69. The largest absolute Gasteiger partial charge is 0.263 e. The lowest BCUT2D eigenvalue weighted by Gasteiger charge is -2.38. The summed E-state index contributed by atoms with van der Waals surface area (Å²) >= 11 is 0. The normalized spacial score (nSPS) is 28.0. The molecule has 0 radical (unpaired) electrons. The fraction of sp³-hybridized carbons (Fsp3) is 0.600. The first kappa shape index (κ1) is 16.2. The first-order valence-electron chi connectivity index (χ1n) is 9.01. The number of aryl methyl sites for hydroxylation is 2. The second-order valence-corrected chi connectivity index (χ2v) is 7.71. The van der Waals surface area contributed by atoms with E-state index >= 15 is 0 Å². The smallest absolute Gasteiger partial charge is 0.181 e. The number of hydrogen-bond acceptors (Lipinski definition) is 2. The van der Waals surface area contributed by atoms with Crippen molar-refractivity contribution in [1.82, 2.24) is 15.2 Å². The van der Waals surface area contributed by atoms with Gasteiger partial charge in [0.05, 0.1) is 0 Å². The number of rotatable bonds is 4. The number of H-pyrrole nitrogens is 1. The van der Waals surface area contributed by atoms with Crippen LogP contribution >= 0.6 is 0 Å². The second-order valence-electron chi connectivity index (χ2n) is 7.71. The predicted molar refractivity (Wildman–Crippen MR) is 95.1 cm³/mol. The van der Waals surface area contributed by atoms with Gasteiger partial charge in [-0.25, -0.2) is 4.98 Å². The molecule has 2 atom stereocenters. The number of hydrogen-bond donors (Lipinski definition) is 1. The molecule has 3 nitrogen and oxygen atoms in total. The zero-order valence-electron chi connectivity index (χ0n) is 14.8. The lowest BCUT2D eigenvalue weighted by molar-refractivity contribution is 0.127. The molecule has 0 amide bonds. The molecule has 1 aromatic heterocycles. The Bertz CT molecular complexity index is 617. The summed E-state index contributed by atoms with van der Waals surface area (Å²) in [5.74, 6) is 5.20. The van der Waals surface area contributed by atoms with Gasteiger partial charge in [-0.1, -0.05) is 50.6 Å². The molecule has 1 N–H and O–H groups in total. The summed E-state index contributed by atoms with van der Waals surface area (Å²) in [7, 11) is 0. The highest BCUT2D eigenvalue weighted by atomic mass is 15.2. The highest BCUT2D eigenvalue weighted by Gasteiger charge is 2.30. The van der Waals surface area contributed by atoms with E-state index in [9.17, 15) is 0 Å². The number of aromatic nitrogens is 3. The maximum atomic E-state index is 4.69. The molecule has 1 heterocycles. The monoisotopic (exact) mass is 311 g/mol. The van der Waals surface area contributed by atoms with Crippen molar-refractivity contribution in [2.24, 2.45) is 23.7 Å². The van der Waals surface area contributed by atoms with E-state index < -0.39 is 0 Å². The Hall–Kier alpha value is -1.64. The van der Waals surface area contributed by atoms with Crippen LogP contribution in [0.4, 0.5) is 0 Å². The summed E-state index contributed by atoms with van der Waals surface area (Å²) in [6.45, 7) is 9.35. The van der Waals surface area contributed by atoms with Crippen molar-refractivity contribution in [3.63, 3.8) is 0 Å². The van der Waals surface area contributed by atoms with E-state index in [0.29, 0.717) is 0 Å². The van der Waals surface area contributed by atoms with Crippen LogP contribution in [0, 0.1) is 30.6 Å². The van der Waals surface area contributed by atoms with Crippen molar-refractivity contribution in [1.29, 1.82) is 0 Å². The van der Waals surface area contributed by atoms with Crippen molar-refractivity contribution >= 4 is 0 Å². The molecule has 3 heteroatoms. The Kier molecular flexibility index (Phi) is 4.84. The van der Waals surface area contributed by atoms with Crippen LogP contribution in [-0.2, 0) is 6.42 Å². The molecule has 0 aliphatic heterocycles. The molecule has 1 fully saturated rings. The highest BCUT2D eigenvalue weighted by Crippen LogP contribution is 2.39. The van der Waals surface area contributed by atoms with Crippen LogP contribution in [0.25, 0.3) is 11.4 Å². The topological polar surface area (TPSA) is 41.6 Å². The summed E-state index contributed by atoms with van der Waals surface area (Å²) in [6.07, 6.45) is 4.98. The van der Waals surface area contributed by atoms with Crippen LogP contribution in [0.1, 0.15) is 51.4 Å². The lowest BCUT2D eigenvalue weighted by atomic mass is 9.68. The Balaban J connectivity index is 1.62. The van der Waals surface area contributed by atoms with Crippen LogP contribution in [0.15, 0.2) is 24.3 Å². The first-order chi connectivity index (χ1) is 11.0. The molecule has 2 aromatic rings. The fourth-order valence-corrected chi connectivity index (χ4v) is 4.39. The molecular formula is C20H29N3. The van der Waals surface area contributed by atoms with Gasteiger partial charge in [0.25, 0.3) is 0 Å².